The van der Waals surface area contributed by atoms with Crippen LogP contribution in [0.3, 0.4) is 0 Å². The lowest BCUT2D eigenvalue weighted by atomic mass is 9.94. The maximum atomic E-state index is 12.5. The highest BCUT2D eigenvalue weighted by Crippen LogP contribution is 2.40. The van der Waals surface area contributed by atoms with Crippen LogP contribution in [0.25, 0.3) is 27.8 Å². The van der Waals surface area contributed by atoms with E-state index < -0.39 is 0 Å². The molecule has 1 atom stereocenters. The van der Waals surface area contributed by atoms with E-state index in [1.165, 1.54) is 26.2 Å². The van der Waals surface area contributed by atoms with Gasteiger partial charge in [0.05, 0.1) is 30.1 Å². The molecule has 2 heterocycles. The number of methoxy groups -OCH3 is 1. The minimum absolute atomic E-state index is 0.0648. The molecular formula is C21H18O6. The van der Waals surface area contributed by atoms with Gasteiger partial charge < -0.3 is 19.0 Å². The van der Waals surface area contributed by atoms with Crippen molar-refractivity contribution >= 4 is 33.8 Å². The molecule has 1 aliphatic heterocycles. The fourth-order valence-corrected chi connectivity index (χ4v) is 3.54. The average Bonchev–Trinajstić information content (AvgIpc) is 2.60. The first-order valence-electron chi connectivity index (χ1n) is 8.59. The van der Waals surface area contributed by atoms with Crippen molar-refractivity contribution in [2.24, 2.45) is 0 Å². The Morgan fingerprint density at radius 3 is 2.89 bits per heavy atom. The van der Waals surface area contributed by atoms with Crippen LogP contribution < -0.4 is 10.2 Å². The van der Waals surface area contributed by atoms with Crippen LogP contribution in [-0.2, 0) is 16.0 Å². The molecule has 1 aliphatic rings. The lowest BCUT2D eigenvalue weighted by molar-refractivity contribution is -0.142. The molecule has 1 aromatic heterocycles. The van der Waals surface area contributed by atoms with Crippen molar-refractivity contribution in [3.05, 3.63) is 57.6 Å². The van der Waals surface area contributed by atoms with Crippen LogP contribution in [0.2, 0.25) is 0 Å². The molecule has 27 heavy (non-hydrogen) atoms. The van der Waals surface area contributed by atoms with Gasteiger partial charge in [-0.15, -0.1) is 0 Å². The predicted octanol–water partition coefficient (Wildman–Crippen LogP) is 3.73. The molecule has 0 saturated carbocycles. The van der Waals surface area contributed by atoms with Crippen molar-refractivity contribution in [2.45, 2.75) is 25.9 Å². The Hall–Kier alpha value is -3.28. The van der Waals surface area contributed by atoms with Gasteiger partial charge in [0.15, 0.2) is 5.43 Å². The van der Waals surface area contributed by atoms with Gasteiger partial charge in [0.2, 0.25) is 0 Å². The van der Waals surface area contributed by atoms with Crippen molar-refractivity contribution in [1.29, 1.82) is 0 Å². The standard InChI is InChI=1S/C21H18O6/c1-11(22)6-14-9-17-20-13(8-15(26-17)10-18(24)25-2)7-12-4-3-5-16(23)19(12)21(20)27-14/h3-7,9,15,22H,8,10H2,1-2H3. The van der Waals surface area contributed by atoms with Crippen LogP contribution in [0.4, 0.5) is 0 Å². The summed E-state index contributed by atoms with van der Waals surface area (Å²) in [4.78, 5) is 24.2. The fourth-order valence-electron chi connectivity index (χ4n) is 3.54. The molecule has 0 saturated heterocycles. The van der Waals surface area contributed by atoms with Gasteiger partial charge in [-0.2, -0.15) is 0 Å². The lowest BCUT2D eigenvalue weighted by Gasteiger charge is -2.26. The molecule has 1 unspecified atom stereocenters. The number of aliphatic hydroxyl groups excluding tert-OH is 1. The highest BCUT2D eigenvalue weighted by Gasteiger charge is 2.27. The number of benzene rings is 2. The summed E-state index contributed by atoms with van der Waals surface area (Å²) in [6.07, 6.45) is 1.69. The number of rotatable bonds is 3. The van der Waals surface area contributed by atoms with Crippen molar-refractivity contribution in [2.75, 3.05) is 7.11 Å². The summed E-state index contributed by atoms with van der Waals surface area (Å²) in [5.74, 6) is 0.589. The van der Waals surface area contributed by atoms with Crippen LogP contribution in [0.5, 0.6) is 5.75 Å². The zero-order valence-corrected chi connectivity index (χ0v) is 14.9. The van der Waals surface area contributed by atoms with Gasteiger partial charge in [0, 0.05) is 18.6 Å². The number of fused-ring (bicyclic) bond motifs is 2. The third-order valence-electron chi connectivity index (χ3n) is 4.62. The van der Waals surface area contributed by atoms with Crippen LogP contribution >= 0.6 is 0 Å². The minimum atomic E-state index is -0.379. The van der Waals surface area contributed by atoms with Crippen LogP contribution in [0.1, 0.15) is 24.7 Å². The van der Waals surface area contributed by atoms with Crippen molar-refractivity contribution < 1.29 is 23.8 Å². The van der Waals surface area contributed by atoms with E-state index in [1.807, 2.05) is 12.1 Å². The van der Waals surface area contributed by atoms with E-state index >= 15 is 0 Å². The molecule has 3 aromatic rings. The number of ether oxygens (including phenoxy) is 2. The largest absolute Gasteiger partial charge is 0.512 e. The maximum Gasteiger partial charge on any atom is 0.309 e. The van der Waals surface area contributed by atoms with Crippen LogP contribution in [0, 0.1) is 0 Å². The molecule has 6 nitrogen and oxygen atoms in total. The van der Waals surface area contributed by atoms with Crippen molar-refractivity contribution in [1.82, 2.24) is 0 Å². The molecule has 4 rings (SSSR count). The smallest absolute Gasteiger partial charge is 0.309 e. The summed E-state index contributed by atoms with van der Waals surface area (Å²) < 4.78 is 16.7. The number of carbonyl (C=O) groups excluding carboxylic acids is 1. The Labute approximate surface area is 154 Å². The van der Waals surface area contributed by atoms with E-state index in [-0.39, 0.29) is 29.7 Å². The van der Waals surface area contributed by atoms with Crippen LogP contribution in [0.15, 0.2) is 45.3 Å². The summed E-state index contributed by atoms with van der Waals surface area (Å²) in [6, 6.07) is 8.65. The summed E-state index contributed by atoms with van der Waals surface area (Å²) in [7, 11) is 1.34. The third kappa shape index (κ3) is 3.03. The molecule has 0 radical (unpaired) electrons. The molecule has 0 spiro atoms. The first-order chi connectivity index (χ1) is 13.0. The molecule has 0 bridgehead atoms. The molecule has 2 aromatic carbocycles. The second-order valence-electron chi connectivity index (χ2n) is 6.62. The van der Waals surface area contributed by atoms with E-state index in [0.717, 1.165) is 16.3 Å². The van der Waals surface area contributed by atoms with Gasteiger partial charge in [-0.05, 0) is 30.0 Å². The van der Waals surface area contributed by atoms with Crippen LogP contribution in [-0.4, -0.2) is 24.3 Å². The third-order valence-corrected chi connectivity index (χ3v) is 4.62. The number of esters is 1. The average molecular weight is 366 g/mol. The minimum Gasteiger partial charge on any atom is -0.512 e. The number of allylic oxidation sites excluding steroid dienone is 1. The lowest BCUT2D eigenvalue weighted by Crippen LogP contribution is -2.27. The maximum absolute atomic E-state index is 12.5. The SMILES string of the molecule is COC(=O)CC1Cc2cc3cccc(=O)c3c3oc(C=C(C)O)cc(c23)O1. The van der Waals surface area contributed by atoms with Gasteiger partial charge in [0.25, 0.3) is 0 Å². The zero-order chi connectivity index (χ0) is 19.1. The Morgan fingerprint density at radius 1 is 1.33 bits per heavy atom. The first kappa shape index (κ1) is 17.1. The summed E-state index contributed by atoms with van der Waals surface area (Å²) in [5, 5.41) is 11.6. The molecule has 138 valence electrons. The summed E-state index contributed by atoms with van der Waals surface area (Å²) >= 11 is 0. The molecular weight excluding hydrogens is 348 g/mol. The molecule has 0 fully saturated rings. The monoisotopic (exact) mass is 366 g/mol. The number of hydrogen-bond donors (Lipinski definition) is 1. The van der Waals surface area contributed by atoms with Gasteiger partial charge in [-0.25, -0.2) is 0 Å². The van der Waals surface area contributed by atoms with E-state index in [0.29, 0.717) is 28.9 Å². The quantitative estimate of drug-likeness (QED) is 0.432. The second kappa shape index (κ2) is 6.46. The normalized spacial score (nSPS) is 16.4. The number of hydrogen-bond acceptors (Lipinski definition) is 6. The fraction of sp³-hybridized carbons (Fsp3) is 0.238. The Morgan fingerprint density at radius 2 is 2.15 bits per heavy atom. The molecule has 6 heteroatoms. The van der Waals surface area contributed by atoms with Gasteiger partial charge >= 0.3 is 5.97 Å². The highest BCUT2D eigenvalue weighted by atomic mass is 16.5. The zero-order valence-electron chi connectivity index (χ0n) is 14.9. The summed E-state index contributed by atoms with van der Waals surface area (Å²) in [5.41, 5.74) is 1.22. The van der Waals surface area contributed by atoms with Gasteiger partial charge in [0.1, 0.15) is 23.2 Å². The van der Waals surface area contributed by atoms with Gasteiger partial charge in [-0.3, -0.25) is 9.59 Å². The van der Waals surface area contributed by atoms with Crippen molar-refractivity contribution in [3.8, 4) is 5.75 Å². The Bertz CT molecular complexity index is 1150. The molecule has 1 N–H and O–H groups in total. The second-order valence-corrected chi connectivity index (χ2v) is 6.62. The molecule has 0 aliphatic carbocycles. The predicted molar refractivity (Wildman–Crippen MR) is 101 cm³/mol. The van der Waals surface area contributed by atoms with Crippen molar-refractivity contribution in [3.63, 3.8) is 0 Å². The van der Waals surface area contributed by atoms with E-state index in [2.05, 4.69) is 0 Å². The Kier molecular flexibility index (Phi) is 4.11. The van der Waals surface area contributed by atoms with E-state index in [4.69, 9.17) is 13.9 Å². The van der Waals surface area contributed by atoms with Gasteiger partial charge in [-0.1, -0.05) is 12.1 Å². The summed E-state index contributed by atoms with van der Waals surface area (Å²) in [6.45, 7) is 1.53. The molecule has 0 amide bonds. The van der Waals surface area contributed by atoms with E-state index in [1.54, 1.807) is 12.1 Å². The Balaban J connectivity index is 2.01. The number of aliphatic hydroxyl groups is 1. The highest BCUT2D eigenvalue weighted by molar-refractivity contribution is 6.08. The first-order valence-corrected chi connectivity index (χ1v) is 8.59. The topological polar surface area (TPSA) is 86.0 Å². The van der Waals surface area contributed by atoms with E-state index in [9.17, 15) is 14.7 Å². The number of carbonyl (C=O) groups is 1.